The van der Waals surface area contributed by atoms with Crippen LogP contribution in [0.15, 0.2) is 11.6 Å². The highest BCUT2D eigenvalue weighted by atomic mass is 14.2. The summed E-state index contributed by atoms with van der Waals surface area (Å²) < 4.78 is 0. The summed E-state index contributed by atoms with van der Waals surface area (Å²) in [5.41, 5.74) is 2.25. The van der Waals surface area contributed by atoms with Gasteiger partial charge >= 0.3 is 0 Å². The Bertz CT molecular complexity index is 163. The van der Waals surface area contributed by atoms with Gasteiger partial charge in [-0.3, -0.25) is 0 Å². The molecule has 1 rings (SSSR count). The summed E-state index contributed by atoms with van der Waals surface area (Å²) in [5, 5.41) is 0. The fraction of sp³-hybridized carbons (Fsp3) is 0.833. The van der Waals surface area contributed by atoms with Gasteiger partial charge in [0.05, 0.1) is 0 Å². The highest BCUT2D eigenvalue weighted by Crippen LogP contribution is 2.32. The lowest BCUT2D eigenvalue weighted by Gasteiger charge is -2.25. The van der Waals surface area contributed by atoms with Crippen molar-refractivity contribution in [3.63, 3.8) is 0 Å². The Morgan fingerprint density at radius 3 is 2.58 bits per heavy atom. The minimum absolute atomic E-state index is 0.531. The largest absolute Gasteiger partial charge is 0.0853 e. The van der Waals surface area contributed by atoms with Crippen molar-refractivity contribution in [2.75, 3.05) is 0 Å². The average Bonchev–Trinajstić information content (AvgIpc) is 2.06. The molecule has 12 heavy (non-hydrogen) atoms. The van der Waals surface area contributed by atoms with Crippen LogP contribution < -0.4 is 0 Å². The van der Waals surface area contributed by atoms with Crippen LogP contribution in [-0.4, -0.2) is 0 Å². The van der Waals surface area contributed by atoms with Crippen LogP contribution in [0.4, 0.5) is 0 Å². The van der Waals surface area contributed by atoms with Crippen molar-refractivity contribution in [2.45, 2.75) is 59.3 Å². The fourth-order valence-electron chi connectivity index (χ4n) is 1.80. The van der Waals surface area contributed by atoms with Crippen molar-refractivity contribution >= 4 is 0 Å². The molecule has 0 atom stereocenters. The normalized spacial score (nSPS) is 19.1. The Hall–Kier alpha value is -0.260. The van der Waals surface area contributed by atoms with E-state index in [1.807, 2.05) is 0 Å². The lowest BCUT2D eigenvalue weighted by Crippen LogP contribution is -2.11. The van der Waals surface area contributed by atoms with Gasteiger partial charge in [0.2, 0.25) is 0 Å². The molecular weight excluding hydrogens is 144 g/mol. The van der Waals surface area contributed by atoms with Gasteiger partial charge in [0.1, 0.15) is 0 Å². The molecule has 0 heteroatoms. The predicted octanol–water partition coefficient (Wildman–Crippen LogP) is 4.31. The molecule has 0 aromatic rings. The molecule has 0 unspecified atom stereocenters. The van der Waals surface area contributed by atoms with Gasteiger partial charge in [-0.2, -0.15) is 0 Å². The molecule has 0 aromatic heterocycles. The number of hydrogen-bond acceptors (Lipinski definition) is 0. The maximum atomic E-state index is 2.47. The summed E-state index contributed by atoms with van der Waals surface area (Å²) >= 11 is 0. The van der Waals surface area contributed by atoms with Crippen LogP contribution >= 0.6 is 0 Å². The molecule has 0 heterocycles. The molecule has 0 N–H and O–H groups in total. The molecule has 0 radical (unpaired) electrons. The van der Waals surface area contributed by atoms with Crippen molar-refractivity contribution in [3.8, 4) is 0 Å². The average molecular weight is 166 g/mol. The lowest BCUT2D eigenvalue weighted by molar-refractivity contribution is 0.341. The smallest absolute Gasteiger partial charge is 0.0269 e. The van der Waals surface area contributed by atoms with E-state index in [1.165, 1.54) is 38.5 Å². The van der Waals surface area contributed by atoms with Gasteiger partial charge in [-0.05, 0) is 37.5 Å². The molecule has 1 aliphatic rings. The van der Waals surface area contributed by atoms with E-state index in [4.69, 9.17) is 0 Å². The van der Waals surface area contributed by atoms with Gasteiger partial charge < -0.3 is 0 Å². The zero-order valence-electron chi connectivity index (χ0n) is 8.82. The lowest BCUT2D eigenvalue weighted by atomic mass is 9.80. The first-order valence-electron chi connectivity index (χ1n) is 5.32. The predicted molar refractivity (Wildman–Crippen MR) is 55.2 cm³/mol. The minimum Gasteiger partial charge on any atom is -0.0853 e. The standard InChI is InChI=1S/C12H22/c1-4-12(2,3)10-11-8-6-5-7-9-11/h8H,4-7,9-10H2,1-3H3. The Morgan fingerprint density at radius 1 is 1.33 bits per heavy atom. The summed E-state index contributed by atoms with van der Waals surface area (Å²) in [5.74, 6) is 0. The van der Waals surface area contributed by atoms with E-state index in [-0.39, 0.29) is 0 Å². The molecular formula is C12H22. The third-order valence-corrected chi connectivity index (χ3v) is 3.05. The molecule has 0 fully saturated rings. The van der Waals surface area contributed by atoms with Gasteiger partial charge in [-0.1, -0.05) is 38.8 Å². The van der Waals surface area contributed by atoms with Crippen LogP contribution in [0.1, 0.15) is 59.3 Å². The highest BCUT2D eigenvalue weighted by Gasteiger charge is 2.17. The number of hydrogen-bond donors (Lipinski definition) is 0. The van der Waals surface area contributed by atoms with Crippen LogP contribution in [0.2, 0.25) is 0 Å². The van der Waals surface area contributed by atoms with Crippen molar-refractivity contribution < 1.29 is 0 Å². The molecule has 0 bridgehead atoms. The zero-order valence-corrected chi connectivity index (χ0v) is 8.82. The summed E-state index contributed by atoms with van der Waals surface area (Å²) in [7, 11) is 0. The van der Waals surface area contributed by atoms with E-state index in [2.05, 4.69) is 26.8 Å². The van der Waals surface area contributed by atoms with E-state index in [9.17, 15) is 0 Å². The van der Waals surface area contributed by atoms with Crippen LogP contribution in [0.3, 0.4) is 0 Å². The summed E-state index contributed by atoms with van der Waals surface area (Å²) in [4.78, 5) is 0. The van der Waals surface area contributed by atoms with E-state index in [0.717, 1.165) is 0 Å². The van der Waals surface area contributed by atoms with E-state index in [1.54, 1.807) is 5.57 Å². The summed E-state index contributed by atoms with van der Waals surface area (Å²) in [6.07, 6.45) is 10.6. The third kappa shape index (κ3) is 3.00. The first-order chi connectivity index (χ1) is 5.64. The van der Waals surface area contributed by atoms with E-state index in [0.29, 0.717) is 5.41 Å². The Morgan fingerprint density at radius 2 is 2.08 bits per heavy atom. The third-order valence-electron chi connectivity index (χ3n) is 3.05. The summed E-state index contributed by atoms with van der Waals surface area (Å²) in [6.45, 7) is 7.05. The maximum absolute atomic E-state index is 2.47. The van der Waals surface area contributed by atoms with Crippen LogP contribution in [-0.2, 0) is 0 Å². The second-order valence-corrected chi connectivity index (χ2v) is 4.80. The molecule has 1 aliphatic carbocycles. The Labute approximate surface area is 77.1 Å². The second kappa shape index (κ2) is 4.11. The maximum Gasteiger partial charge on any atom is -0.0269 e. The molecule has 0 saturated heterocycles. The first kappa shape index (κ1) is 9.83. The van der Waals surface area contributed by atoms with E-state index < -0.39 is 0 Å². The first-order valence-corrected chi connectivity index (χ1v) is 5.32. The van der Waals surface area contributed by atoms with Gasteiger partial charge in [-0.15, -0.1) is 0 Å². The van der Waals surface area contributed by atoms with Gasteiger partial charge in [0.25, 0.3) is 0 Å². The molecule has 0 nitrogen and oxygen atoms in total. The Kier molecular flexibility index (Phi) is 3.37. The molecule has 70 valence electrons. The molecule has 0 aliphatic heterocycles. The highest BCUT2D eigenvalue weighted by molar-refractivity contribution is 5.07. The summed E-state index contributed by atoms with van der Waals surface area (Å²) in [6, 6.07) is 0. The quantitative estimate of drug-likeness (QED) is 0.548. The number of allylic oxidation sites excluding steroid dienone is 2. The monoisotopic (exact) mass is 166 g/mol. The molecule has 0 saturated carbocycles. The number of rotatable bonds is 3. The Balaban J connectivity index is 2.44. The van der Waals surface area contributed by atoms with Gasteiger partial charge in [0.15, 0.2) is 0 Å². The van der Waals surface area contributed by atoms with Gasteiger partial charge in [0, 0.05) is 0 Å². The zero-order chi connectivity index (χ0) is 9.03. The minimum atomic E-state index is 0.531. The van der Waals surface area contributed by atoms with Crippen LogP contribution in [0.25, 0.3) is 0 Å². The van der Waals surface area contributed by atoms with E-state index >= 15 is 0 Å². The molecule has 0 spiro atoms. The van der Waals surface area contributed by atoms with Crippen LogP contribution in [0, 0.1) is 5.41 Å². The van der Waals surface area contributed by atoms with Crippen molar-refractivity contribution in [3.05, 3.63) is 11.6 Å². The second-order valence-electron chi connectivity index (χ2n) is 4.80. The van der Waals surface area contributed by atoms with Gasteiger partial charge in [-0.25, -0.2) is 0 Å². The van der Waals surface area contributed by atoms with Crippen molar-refractivity contribution in [1.82, 2.24) is 0 Å². The topological polar surface area (TPSA) is 0 Å². The van der Waals surface area contributed by atoms with Crippen molar-refractivity contribution in [2.24, 2.45) is 5.41 Å². The fourth-order valence-corrected chi connectivity index (χ4v) is 1.80. The molecule has 0 amide bonds. The van der Waals surface area contributed by atoms with Crippen LogP contribution in [0.5, 0.6) is 0 Å². The van der Waals surface area contributed by atoms with Crippen molar-refractivity contribution in [1.29, 1.82) is 0 Å². The molecule has 0 aromatic carbocycles. The SMILES string of the molecule is CCC(C)(C)CC1=CCCCC1.